The molecule has 2 N–H and O–H groups in total. The molecule has 0 bridgehead atoms. The molecule has 1 aromatic carbocycles. The van der Waals surface area contributed by atoms with E-state index in [2.05, 4.69) is 15.4 Å². The van der Waals surface area contributed by atoms with Gasteiger partial charge in [-0.3, -0.25) is 0 Å². The van der Waals surface area contributed by atoms with Crippen molar-refractivity contribution in [3.8, 4) is 11.4 Å². The van der Waals surface area contributed by atoms with E-state index >= 15 is 0 Å². The first-order chi connectivity index (χ1) is 7.24. The molecule has 0 radical (unpaired) electrons. The van der Waals surface area contributed by atoms with Gasteiger partial charge in [0.25, 0.3) is 0 Å². The van der Waals surface area contributed by atoms with Crippen molar-refractivity contribution in [2.24, 2.45) is 5.73 Å². The van der Waals surface area contributed by atoms with Crippen molar-refractivity contribution in [3.63, 3.8) is 0 Å². The van der Waals surface area contributed by atoms with Gasteiger partial charge in [0.15, 0.2) is 0 Å². The fraction of sp³-hybridized carbons (Fsp3) is 0.111. The Morgan fingerprint density at radius 2 is 2.07 bits per heavy atom. The fourth-order valence-electron chi connectivity index (χ4n) is 0.727. The van der Waals surface area contributed by atoms with E-state index in [1.54, 1.807) is 30.3 Å². The maximum atomic E-state index is 11.0. The molecule has 0 spiro atoms. The third-order valence-corrected chi connectivity index (χ3v) is 1.79. The SMILES string of the molecule is NC(C#P=O)C(=O)OOc1ccccc1. The number of carbonyl (C=O) groups is 1. The number of hydrogen-bond donors (Lipinski definition) is 1. The van der Waals surface area contributed by atoms with Crippen LogP contribution in [-0.4, -0.2) is 12.0 Å². The number of benzene rings is 1. The van der Waals surface area contributed by atoms with Crippen molar-refractivity contribution in [2.75, 3.05) is 0 Å². The summed E-state index contributed by atoms with van der Waals surface area (Å²) in [4.78, 5) is 20.1. The van der Waals surface area contributed by atoms with Crippen LogP contribution in [0.4, 0.5) is 0 Å². The standard InChI is InChI=1S/C9H8NO4P/c10-8(6-15-12)9(11)14-13-7-4-2-1-3-5-7/h1-5,8H,10H2. The predicted octanol–water partition coefficient (Wildman–Crippen LogP) is 1.10. The van der Waals surface area contributed by atoms with E-state index in [0.29, 0.717) is 5.75 Å². The topological polar surface area (TPSA) is 78.6 Å². The summed E-state index contributed by atoms with van der Waals surface area (Å²) in [5, 5.41) is 0. The van der Waals surface area contributed by atoms with Crippen LogP contribution in [0, 0.1) is 5.63 Å². The van der Waals surface area contributed by atoms with E-state index in [0.717, 1.165) is 0 Å². The molecule has 1 atom stereocenters. The molecule has 0 amide bonds. The Labute approximate surface area is 87.2 Å². The molecule has 0 heterocycles. The van der Waals surface area contributed by atoms with Crippen LogP contribution in [0.15, 0.2) is 30.3 Å². The van der Waals surface area contributed by atoms with Crippen LogP contribution in [0.3, 0.4) is 0 Å². The molecule has 0 saturated heterocycles. The molecule has 0 aromatic heterocycles. The summed E-state index contributed by atoms with van der Waals surface area (Å²) >= 11 is 0. The van der Waals surface area contributed by atoms with Gasteiger partial charge in [-0.2, -0.15) is 0 Å². The second-order valence-corrected chi connectivity index (χ2v) is 2.94. The summed E-state index contributed by atoms with van der Waals surface area (Å²) in [7, 11) is -0.451. The average Bonchev–Trinajstić information content (AvgIpc) is 2.27. The third-order valence-electron chi connectivity index (χ3n) is 1.41. The first-order valence-corrected chi connectivity index (χ1v) is 4.82. The van der Waals surface area contributed by atoms with Crippen molar-refractivity contribution in [1.82, 2.24) is 0 Å². The Morgan fingerprint density at radius 3 is 2.67 bits per heavy atom. The van der Waals surface area contributed by atoms with Gasteiger partial charge < -0.3 is 0 Å². The van der Waals surface area contributed by atoms with Crippen molar-refractivity contribution in [1.29, 1.82) is 0 Å². The van der Waals surface area contributed by atoms with Gasteiger partial charge in [0.1, 0.15) is 0 Å². The zero-order valence-corrected chi connectivity index (χ0v) is 8.52. The number of rotatable bonds is 3. The number of hydrogen-bond acceptors (Lipinski definition) is 5. The van der Waals surface area contributed by atoms with Crippen LogP contribution < -0.4 is 10.6 Å². The summed E-state index contributed by atoms with van der Waals surface area (Å²) in [6.45, 7) is 0. The molecule has 0 aliphatic heterocycles. The number of nitrogens with two attached hydrogens (primary N) is 1. The first-order valence-electron chi connectivity index (χ1n) is 4.01. The van der Waals surface area contributed by atoms with E-state index < -0.39 is 19.9 Å². The monoisotopic (exact) mass is 225 g/mol. The molecule has 5 nitrogen and oxygen atoms in total. The molecular formula is C9H8NO4P. The Hall–Kier alpha value is -1.54. The minimum atomic E-state index is -1.19. The molecule has 1 aromatic rings. The summed E-state index contributed by atoms with van der Waals surface area (Å²) in [5.74, 6) is -0.486. The van der Waals surface area contributed by atoms with Gasteiger partial charge >= 0.3 is 86.5 Å². The molecule has 1 rings (SSSR count). The number of para-hydroxylation sites is 1. The third kappa shape index (κ3) is 4.00. The zero-order chi connectivity index (χ0) is 11.1. The molecule has 0 fully saturated rings. The van der Waals surface area contributed by atoms with E-state index in [9.17, 15) is 9.36 Å². The molecule has 0 saturated carbocycles. The van der Waals surface area contributed by atoms with Crippen LogP contribution in [0.1, 0.15) is 0 Å². The van der Waals surface area contributed by atoms with Gasteiger partial charge in [-0.1, -0.05) is 0 Å². The molecule has 1 unspecified atom stereocenters. The molecule has 78 valence electrons. The molecule has 15 heavy (non-hydrogen) atoms. The summed E-state index contributed by atoms with van der Waals surface area (Å²) in [5.41, 5.74) is 7.34. The summed E-state index contributed by atoms with van der Waals surface area (Å²) < 4.78 is 10.1. The van der Waals surface area contributed by atoms with Crippen molar-refractivity contribution >= 4 is 13.9 Å². The average molecular weight is 225 g/mol. The summed E-state index contributed by atoms with van der Waals surface area (Å²) in [6.07, 6.45) is 0. The van der Waals surface area contributed by atoms with E-state index in [4.69, 9.17) is 5.73 Å². The van der Waals surface area contributed by atoms with E-state index in [1.165, 1.54) is 0 Å². The van der Waals surface area contributed by atoms with Crippen molar-refractivity contribution in [3.05, 3.63) is 30.3 Å². The first kappa shape index (κ1) is 11.5. The van der Waals surface area contributed by atoms with E-state index in [1.807, 2.05) is 0 Å². The summed E-state index contributed by atoms with van der Waals surface area (Å²) in [6, 6.07) is 7.26. The fourth-order valence-corrected chi connectivity index (χ4v) is 0.946. The van der Waals surface area contributed by atoms with Gasteiger partial charge in [0.05, 0.1) is 0 Å². The Kier molecular flexibility index (Phi) is 4.64. The second-order valence-electron chi connectivity index (χ2n) is 2.50. The van der Waals surface area contributed by atoms with Crippen LogP contribution in [-0.2, 0) is 14.2 Å². The zero-order valence-electron chi connectivity index (χ0n) is 7.62. The van der Waals surface area contributed by atoms with Crippen LogP contribution in [0.2, 0.25) is 0 Å². The van der Waals surface area contributed by atoms with Gasteiger partial charge in [0, 0.05) is 0 Å². The van der Waals surface area contributed by atoms with Crippen molar-refractivity contribution in [2.45, 2.75) is 6.04 Å². The van der Waals surface area contributed by atoms with Gasteiger partial charge in [0.2, 0.25) is 0 Å². The number of carbonyl (C=O) groups excluding carboxylic acids is 1. The van der Waals surface area contributed by atoms with Crippen molar-refractivity contribution < 1.29 is 19.1 Å². The molecular weight excluding hydrogens is 217 g/mol. The van der Waals surface area contributed by atoms with Crippen LogP contribution in [0.5, 0.6) is 5.75 Å². The van der Waals surface area contributed by atoms with Crippen LogP contribution >= 0.6 is 7.92 Å². The quantitative estimate of drug-likeness (QED) is 0.473. The molecule has 6 heteroatoms. The second kappa shape index (κ2) is 6.04. The predicted molar refractivity (Wildman–Crippen MR) is 52.6 cm³/mol. The minimum absolute atomic E-state index is 0.373. The molecule has 0 aliphatic rings. The Bertz CT molecular complexity index is 428. The normalized spacial score (nSPS) is 11.0. The van der Waals surface area contributed by atoms with Crippen LogP contribution in [0.25, 0.3) is 0 Å². The molecule has 0 aliphatic carbocycles. The Morgan fingerprint density at radius 1 is 1.40 bits per heavy atom. The van der Waals surface area contributed by atoms with E-state index in [-0.39, 0.29) is 0 Å². The van der Waals surface area contributed by atoms with Gasteiger partial charge in [-0.05, 0) is 0 Å². The maximum absolute atomic E-state index is 11.0. The van der Waals surface area contributed by atoms with Gasteiger partial charge in [-0.15, -0.1) is 0 Å². The van der Waals surface area contributed by atoms with Gasteiger partial charge in [-0.25, -0.2) is 0 Å². The Balaban J connectivity index is 2.47.